The second-order valence-electron chi connectivity index (χ2n) is 5.43. The molecule has 1 unspecified atom stereocenters. The molecule has 0 fully saturated rings. The Bertz CT molecular complexity index is 430. The molecule has 1 aromatic heterocycles. The van der Waals surface area contributed by atoms with Crippen molar-refractivity contribution in [3.63, 3.8) is 0 Å². The molecule has 1 aliphatic rings. The van der Waals surface area contributed by atoms with Gasteiger partial charge in [-0.25, -0.2) is 0 Å². The van der Waals surface area contributed by atoms with Crippen molar-refractivity contribution in [3.8, 4) is 0 Å². The van der Waals surface area contributed by atoms with Crippen LogP contribution in [0.2, 0.25) is 0 Å². The normalized spacial score (nSPS) is 18.8. The van der Waals surface area contributed by atoms with Gasteiger partial charge in [-0.2, -0.15) is 0 Å². The van der Waals surface area contributed by atoms with E-state index in [0.29, 0.717) is 6.61 Å². The Balaban J connectivity index is 2.01. The Kier molecular flexibility index (Phi) is 6.05. The second kappa shape index (κ2) is 7.79. The zero-order valence-electron chi connectivity index (χ0n) is 12.6. The van der Waals surface area contributed by atoms with E-state index in [4.69, 9.17) is 4.74 Å². The minimum atomic E-state index is -0.0791. The molecule has 0 saturated carbocycles. The third kappa shape index (κ3) is 3.83. The Morgan fingerprint density at radius 1 is 1.40 bits per heavy atom. The molecule has 0 bridgehead atoms. The van der Waals surface area contributed by atoms with Crippen molar-refractivity contribution >= 4 is 17.3 Å². The second-order valence-corrected chi connectivity index (χ2v) is 6.43. The lowest BCUT2D eigenvalue weighted by molar-refractivity contribution is -0.150. The maximum Gasteiger partial charge on any atom is 0.323 e. The molecule has 1 aliphatic heterocycles. The van der Waals surface area contributed by atoms with E-state index in [2.05, 4.69) is 30.2 Å². The molecule has 0 amide bonds. The molecular formula is C16H25NO2S. The van der Waals surface area contributed by atoms with E-state index in [1.165, 1.54) is 10.4 Å². The first-order chi connectivity index (χ1) is 9.76. The minimum Gasteiger partial charge on any atom is -0.465 e. The predicted molar refractivity (Wildman–Crippen MR) is 83.0 cm³/mol. The quantitative estimate of drug-likeness (QED) is 0.568. The van der Waals surface area contributed by atoms with E-state index in [1.54, 1.807) is 11.3 Å². The highest BCUT2D eigenvalue weighted by atomic mass is 32.1. The molecule has 0 radical (unpaired) electrons. The Morgan fingerprint density at radius 2 is 2.20 bits per heavy atom. The topological polar surface area (TPSA) is 29.5 Å². The van der Waals surface area contributed by atoms with Crippen molar-refractivity contribution in [3.05, 3.63) is 21.9 Å². The summed E-state index contributed by atoms with van der Waals surface area (Å²) in [7, 11) is 0. The molecule has 3 nitrogen and oxygen atoms in total. The summed E-state index contributed by atoms with van der Waals surface area (Å²) in [6.45, 7) is 6.74. The fraction of sp³-hybridized carbons (Fsp3) is 0.688. The van der Waals surface area contributed by atoms with Crippen molar-refractivity contribution in [2.24, 2.45) is 0 Å². The lowest BCUT2D eigenvalue weighted by atomic mass is 10.0. The van der Waals surface area contributed by atoms with E-state index in [-0.39, 0.29) is 12.0 Å². The Labute approximate surface area is 125 Å². The lowest BCUT2D eigenvalue weighted by Crippen LogP contribution is -2.46. The molecule has 4 heteroatoms. The number of hydrogen-bond acceptors (Lipinski definition) is 4. The fourth-order valence-corrected chi connectivity index (χ4v) is 3.50. The first-order valence-electron chi connectivity index (χ1n) is 7.72. The largest absolute Gasteiger partial charge is 0.465 e. The van der Waals surface area contributed by atoms with Gasteiger partial charge in [0.05, 0.1) is 6.61 Å². The van der Waals surface area contributed by atoms with Gasteiger partial charge in [0.1, 0.15) is 6.04 Å². The van der Waals surface area contributed by atoms with Gasteiger partial charge in [-0.15, -0.1) is 11.3 Å². The molecule has 0 saturated heterocycles. The van der Waals surface area contributed by atoms with E-state index in [0.717, 1.165) is 45.2 Å². The molecule has 112 valence electrons. The van der Waals surface area contributed by atoms with E-state index in [9.17, 15) is 4.79 Å². The zero-order chi connectivity index (χ0) is 14.4. The highest BCUT2D eigenvalue weighted by Crippen LogP contribution is 2.28. The Hall–Kier alpha value is -0.870. The van der Waals surface area contributed by atoms with Crippen molar-refractivity contribution in [1.29, 1.82) is 0 Å². The van der Waals surface area contributed by atoms with Gasteiger partial charge in [0.15, 0.2) is 0 Å². The van der Waals surface area contributed by atoms with Gasteiger partial charge >= 0.3 is 5.97 Å². The number of thiophene rings is 1. The minimum absolute atomic E-state index is 0.0337. The molecular weight excluding hydrogens is 270 g/mol. The summed E-state index contributed by atoms with van der Waals surface area (Å²) in [6.07, 6.45) is 5.13. The van der Waals surface area contributed by atoms with Crippen LogP contribution in [-0.4, -0.2) is 30.1 Å². The molecule has 20 heavy (non-hydrogen) atoms. The van der Waals surface area contributed by atoms with Crippen LogP contribution >= 0.6 is 11.3 Å². The van der Waals surface area contributed by atoms with Gasteiger partial charge in [-0.1, -0.05) is 26.7 Å². The van der Waals surface area contributed by atoms with Crippen LogP contribution in [0.5, 0.6) is 0 Å². The molecule has 0 aliphatic carbocycles. The van der Waals surface area contributed by atoms with Gasteiger partial charge in [0, 0.05) is 17.8 Å². The third-order valence-electron chi connectivity index (χ3n) is 3.84. The first kappa shape index (κ1) is 15.5. The number of rotatable bonds is 7. The summed E-state index contributed by atoms with van der Waals surface area (Å²) in [4.78, 5) is 16.0. The number of hydrogen-bond donors (Lipinski definition) is 0. The van der Waals surface area contributed by atoms with Crippen molar-refractivity contribution in [2.75, 3.05) is 13.2 Å². The number of ether oxygens (including phenoxy) is 1. The van der Waals surface area contributed by atoms with Gasteiger partial charge in [-0.05, 0) is 36.4 Å². The maximum absolute atomic E-state index is 12.3. The maximum atomic E-state index is 12.3. The highest BCUT2D eigenvalue weighted by molar-refractivity contribution is 7.10. The predicted octanol–water partition coefficient (Wildman–Crippen LogP) is 3.62. The van der Waals surface area contributed by atoms with Crippen LogP contribution in [-0.2, 0) is 22.5 Å². The zero-order valence-corrected chi connectivity index (χ0v) is 13.4. The summed E-state index contributed by atoms with van der Waals surface area (Å²) in [5.41, 5.74) is 1.39. The Morgan fingerprint density at radius 3 is 2.95 bits per heavy atom. The number of fused-ring (bicyclic) bond motifs is 1. The molecule has 1 aromatic rings. The monoisotopic (exact) mass is 295 g/mol. The SMILES string of the molecule is CCCCOC(=O)C1Cc2sccc2CN1CCCC. The van der Waals surface area contributed by atoms with E-state index in [1.807, 2.05) is 0 Å². The van der Waals surface area contributed by atoms with E-state index >= 15 is 0 Å². The molecule has 2 heterocycles. The van der Waals surface area contributed by atoms with E-state index < -0.39 is 0 Å². The number of carbonyl (C=O) groups excluding carboxylic acids is 1. The van der Waals surface area contributed by atoms with Crippen molar-refractivity contribution in [1.82, 2.24) is 4.90 Å². The number of nitrogens with zero attached hydrogens (tertiary/aromatic N) is 1. The average Bonchev–Trinajstić information content (AvgIpc) is 2.91. The molecule has 2 rings (SSSR count). The number of unbranched alkanes of at least 4 members (excludes halogenated alkanes) is 2. The van der Waals surface area contributed by atoms with Crippen LogP contribution in [0.15, 0.2) is 11.4 Å². The van der Waals surface area contributed by atoms with Crippen LogP contribution in [0.25, 0.3) is 0 Å². The molecule has 1 atom stereocenters. The number of esters is 1. The number of carbonyl (C=O) groups is 1. The van der Waals surface area contributed by atoms with Gasteiger partial charge in [0.2, 0.25) is 0 Å². The summed E-state index contributed by atoms with van der Waals surface area (Å²) < 4.78 is 5.45. The van der Waals surface area contributed by atoms with Crippen LogP contribution < -0.4 is 0 Å². The third-order valence-corrected chi connectivity index (χ3v) is 4.83. The van der Waals surface area contributed by atoms with Crippen LogP contribution in [0, 0.1) is 0 Å². The first-order valence-corrected chi connectivity index (χ1v) is 8.60. The smallest absolute Gasteiger partial charge is 0.323 e. The lowest BCUT2D eigenvalue weighted by Gasteiger charge is -2.34. The van der Waals surface area contributed by atoms with Crippen LogP contribution in [0.3, 0.4) is 0 Å². The van der Waals surface area contributed by atoms with Gasteiger partial charge in [-0.3, -0.25) is 9.69 Å². The van der Waals surface area contributed by atoms with Gasteiger partial charge < -0.3 is 4.74 Å². The fourth-order valence-electron chi connectivity index (χ4n) is 2.56. The standard InChI is InChI=1S/C16H25NO2S/c1-3-5-8-17-12-13-7-10-20-15(13)11-14(17)16(18)19-9-6-4-2/h7,10,14H,3-6,8-9,11-12H2,1-2H3. The van der Waals surface area contributed by atoms with Crippen LogP contribution in [0.4, 0.5) is 0 Å². The molecule has 0 spiro atoms. The summed E-state index contributed by atoms with van der Waals surface area (Å²) in [5, 5.41) is 2.13. The summed E-state index contributed by atoms with van der Waals surface area (Å²) in [6, 6.07) is 2.11. The molecule has 0 N–H and O–H groups in total. The highest BCUT2D eigenvalue weighted by Gasteiger charge is 2.32. The molecule has 0 aromatic carbocycles. The van der Waals surface area contributed by atoms with Crippen molar-refractivity contribution in [2.45, 2.75) is 58.5 Å². The van der Waals surface area contributed by atoms with Crippen LogP contribution in [0.1, 0.15) is 50.0 Å². The van der Waals surface area contributed by atoms with Gasteiger partial charge in [0.25, 0.3) is 0 Å². The summed E-state index contributed by atoms with van der Waals surface area (Å²) >= 11 is 1.77. The average molecular weight is 295 g/mol. The van der Waals surface area contributed by atoms with Crippen molar-refractivity contribution < 1.29 is 9.53 Å². The summed E-state index contributed by atoms with van der Waals surface area (Å²) in [5.74, 6) is -0.0337.